The number of hydrogen-bond acceptors (Lipinski definition) is 5. The monoisotopic (exact) mass is 479 g/mol. The zero-order chi connectivity index (χ0) is 23.5. The van der Waals surface area contributed by atoms with E-state index in [1.165, 1.54) is 16.8 Å². The second kappa shape index (κ2) is 9.68. The van der Waals surface area contributed by atoms with Gasteiger partial charge in [0.1, 0.15) is 5.82 Å². The Morgan fingerprint density at radius 2 is 1.59 bits per heavy atom. The number of fused-ring (bicyclic) bond motifs is 1. The van der Waals surface area contributed by atoms with Crippen LogP contribution in [-0.4, -0.2) is 46.5 Å². The highest BCUT2D eigenvalue weighted by molar-refractivity contribution is 7.89. The van der Waals surface area contributed by atoms with E-state index in [4.69, 9.17) is 0 Å². The standard InChI is InChI=1S/C25H29N5O3S/c31-25(20-8-7-9-22(18-20)34(32,33)29-15-4-2-5-16-29)26-21-13-11-19(12-14-21)24-28-27-23-10-3-1-6-17-30(23)24/h7-9,11-14,18H,1-6,10,15-17H2,(H,26,31). The first kappa shape index (κ1) is 22.7. The van der Waals surface area contributed by atoms with Gasteiger partial charge in [-0.05, 0) is 68.1 Å². The number of nitrogens with one attached hydrogen (secondary N) is 1. The van der Waals surface area contributed by atoms with Gasteiger partial charge in [-0.15, -0.1) is 10.2 Å². The molecule has 5 rings (SSSR count). The number of amides is 1. The van der Waals surface area contributed by atoms with Crippen LogP contribution in [0.25, 0.3) is 11.4 Å². The van der Waals surface area contributed by atoms with Gasteiger partial charge in [0.2, 0.25) is 10.0 Å². The Morgan fingerprint density at radius 3 is 2.38 bits per heavy atom. The van der Waals surface area contributed by atoms with E-state index >= 15 is 0 Å². The van der Waals surface area contributed by atoms with Gasteiger partial charge >= 0.3 is 0 Å². The number of piperidine rings is 1. The molecule has 0 radical (unpaired) electrons. The minimum Gasteiger partial charge on any atom is -0.322 e. The van der Waals surface area contributed by atoms with Gasteiger partial charge in [0.15, 0.2) is 5.82 Å². The lowest BCUT2D eigenvalue weighted by molar-refractivity contribution is 0.102. The van der Waals surface area contributed by atoms with Gasteiger partial charge in [-0.1, -0.05) is 18.9 Å². The lowest BCUT2D eigenvalue weighted by Gasteiger charge is -2.26. The van der Waals surface area contributed by atoms with Crippen molar-refractivity contribution >= 4 is 21.6 Å². The van der Waals surface area contributed by atoms with Crippen LogP contribution in [0.5, 0.6) is 0 Å². The molecule has 0 bridgehead atoms. The fourth-order valence-electron chi connectivity index (χ4n) is 4.66. The van der Waals surface area contributed by atoms with Gasteiger partial charge < -0.3 is 9.88 Å². The van der Waals surface area contributed by atoms with Gasteiger partial charge in [0, 0.05) is 42.9 Å². The smallest absolute Gasteiger partial charge is 0.255 e. The first-order valence-electron chi connectivity index (χ1n) is 12.0. The van der Waals surface area contributed by atoms with Crippen molar-refractivity contribution in [2.75, 3.05) is 18.4 Å². The third-order valence-electron chi connectivity index (χ3n) is 6.56. The number of anilines is 1. The molecule has 178 valence electrons. The Balaban J connectivity index is 1.31. The van der Waals surface area contributed by atoms with Crippen molar-refractivity contribution in [3.05, 3.63) is 59.9 Å². The van der Waals surface area contributed by atoms with Crippen LogP contribution in [0.15, 0.2) is 53.4 Å². The Labute approximate surface area is 200 Å². The molecule has 3 aromatic rings. The van der Waals surface area contributed by atoms with E-state index in [9.17, 15) is 13.2 Å². The van der Waals surface area contributed by atoms with Crippen LogP contribution in [0.4, 0.5) is 5.69 Å². The van der Waals surface area contributed by atoms with Crippen molar-refractivity contribution in [3.63, 3.8) is 0 Å². The first-order valence-corrected chi connectivity index (χ1v) is 13.4. The van der Waals surface area contributed by atoms with Crippen molar-refractivity contribution in [3.8, 4) is 11.4 Å². The fraction of sp³-hybridized carbons (Fsp3) is 0.400. The molecule has 0 saturated carbocycles. The molecule has 3 heterocycles. The molecule has 2 aliphatic heterocycles. The number of carbonyl (C=O) groups excluding carboxylic acids is 1. The number of aryl methyl sites for hydroxylation is 1. The summed E-state index contributed by atoms with van der Waals surface area (Å²) in [4.78, 5) is 13.0. The van der Waals surface area contributed by atoms with Crippen molar-refractivity contribution in [1.29, 1.82) is 0 Å². The van der Waals surface area contributed by atoms with Crippen LogP contribution >= 0.6 is 0 Å². The Hall–Kier alpha value is -3.04. The maximum atomic E-state index is 13.0. The molecule has 0 atom stereocenters. The second-order valence-corrected chi connectivity index (χ2v) is 10.9. The van der Waals surface area contributed by atoms with Gasteiger partial charge in [0.25, 0.3) is 5.91 Å². The minimum absolute atomic E-state index is 0.157. The lowest BCUT2D eigenvalue weighted by Crippen LogP contribution is -2.35. The van der Waals surface area contributed by atoms with Crippen molar-refractivity contribution in [2.45, 2.75) is 56.4 Å². The highest BCUT2D eigenvalue weighted by Gasteiger charge is 2.26. The van der Waals surface area contributed by atoms with E-state index in [-0.39, 0.29) is 10.8 Å². The fourth-order valence-corrected chi connectivity index (χ4v) is 6.22. The number of hydrogen-bond donors (Lipinski definition) is 1. The third kappa shape index (κ3) is 4.63. The van der Waals surface area contributed by atoms with E-state index in [2.05, 4.69) is 20.1 Å². The molecule has 1 aromatic heterocycles. The largest absolute Gasteiger partial charge is 0.322 e. The number of rotatable bonds is 5. The Kier molecular flexibility index (Phi) is 6.47. The van der Waals surface area contributed by atoms with Gasteiger partial charge in [0.05, 0.1) is 4.90 Å². The quantitative estimate of drug-likeness (QED) is 0.594. The minimum atomic E-state index is -3.59. The van der Waals surface area contributed by atoms with Crippen LogP contribution in [0.2, 0.25) is 0 Å². The zero-order valence-corrected chi connectivity index (χ0v) is 19.9. The maximum absolute atomic E-state index is 13.0. The van der Waals surface area contributed by atoms with E-state index < -0.39 is 10.0 Å². The number of sulfonamides is 1. The summed E-state index contributed by atoms with van der Waals surface area (Å²) in [6, 6.07) is 13.8. The molecule has 1 amide bonds. The first-order chi connectivity index (χ1) is 16.5. The van der Waals surface area contributed by atoms with E-state index in [0.717, 1.165) is 62.3 Å². The van der Waals surface area contributed by atoms with Gasteiger partial charge in [-0.2, -0.15) is 4.31 Å². The van der Waals surface area contributed by atoms with Crippen LogP contribution < -0.4 is 5.32 Å². The SMILES string of the molecule is O=C(Nc1ccc(-c2nnc3n2CCCCC3)cc1)c1cccc(S(=O)(=O)N2CCCCC2)c1. The molecule has 8 nitrogen and oxygen atoms in total. The summed E-state index contributed by atoms with van der Waals surface area (Å²) >= 11 is 0. The summed E-state index contributed by atoms with van der Waals surface area (Å²) in [6.45, 7) is 1.98. The summed E-state index contributed by atoms with van der Waals surface area (Å²) < 4.78 is 29.7. The molecule has 9 heteroatoms. The summed E-state index contributed by atoms with van der Waals surface area (Å²) in [5.74, 6) is 1.54. The number of carbonyl (C=O) groups is 1. The lowest BCUT2D eigenvalue weighted by atomic mass is 10.1. The highest BCUT2D eigenvalue weighted by Crippen LogP contribution is 2.25. The number of benzene rings is 2. The van der Waals surface area contributed by atoms with E-state index in [1.807, 2.05) is 24.3 Å². The van der Waals surface area contributed by atoms with E-state index in [1.54, 1.807) is 18.2 Å². The third-order valence-corrected chi connectivity index (χ3v) is 8.45. The van der Waals surface area contributed by atoms with E-state index in [0.29, 0.717) is 24.3 Å². The molecule has 1 N–H and O–H groups in total. The summed E-state index contributed by atoms with van der Waals surface area (Å²) in [6.07, 6.45) is 7.21. The van der Waals surface area contributed by atoms with Crippen LogP contribution in [0, 0.1) is 0 Å². The summed E-state index contributed by atoms with van der Waals surface area (Å²) in [5, 5.41) is 11.6. The summed E-state index contributed by atoms with van der Waals surface area (Å²) in [7, 11) is -3.59. The molecule has 0 unspecified atom stereocenters. The molecule has 1 fully saturated rings. The number of aromatic nitrogens is 3. The molecule has 0 aliphatic carbocycles. The number of nitrogens with zero attached hydrogens (tertiary/aromatic N) is 4. The topological polar surface area (TPSA) is 97.2 Å². The molecule has 0 spiro atoms. The van der Waals surface area contributed by atoms with Gasteiger partial charge in [-0.25, -0.2) is 8.42 Å². The second-order valence-electron chi connectivity index (χ2n) is 8.93. The van der Waals surface area contributed by atoms with Crippen molar-refractivity contribution in [2.24, 2.45) is 0 Å². The zero-order valence-electron chi connectivity index (χ0n) is 19.1. The van der Waals surface area contributed by atoms with Crippen LogP contribution in [0.3, 0.4) is 0 Å². The van der Waals surface area contributed by atoms with Crippen molar-refractivity contribution in [1.82, 2.24) is 19.1 Å². The predicted octanol–water partition coefficient (Wildman–Crippen LogP) is 4.10. The van der Waals surface area contributed by atoms with Crippen LogP contribution in [-0.2, 0) is 23.0 Å². The predicted molar refractivity (Wildman–Crippen MR) is 130 cm³/mol. The Morgan fingerprint density at radius 1 is 0.853 bits per heavy atom. The summed E-state index contributed by atoms with van der Waals surface area (Å²) in [5.41, 5.74) is 1.90. The molecule has 1 saturated heterocycles. The molecular formula is C25H29N5O3S. The molecule has 2 aliphatic rings. The Bertz CT molecular complexity index is 1280. The van der Waals surface area contributed by atoms with Crippen molar-refractivity contribution < 1.29 is 13.2 Å². The van der Waals surface area contributed by atoms with Gasteiger partial charge in [-0.3, -0.25) is 4.79 Å². The molecule has 34 heavy (non-hydrogen) atoms. The molecular weight excluding hydrogens is 450 g/mol. The van der Waals surface area contributed by atoms with Crippen LogP contribution in [0.1, 0.15) is 54.7 Å². The molecule has 2 aromatic carbocycles. The average Bonchev–Trinajstić information content (AvgIpc) is 3.13. The maximum Gasteiger partial charge on any atom is 0.255 e. The highest BCUT2D eigenvalue weighted by atomic mass is 32.2. The normalized spacial score (nSPS) is 17.1. The average molecular weight is 480 g/mol.